The summed E-state index contributed by atoms with van der Waals surface area (Å²) in [6.07, 6.45) is 0.251. The Morgan fingerprint density at radius 2 is 1.79 bits per heavy atom. The second-order valence-electron chi connectivity index (χ2n) is 4.88. The van der Waals surface area contributed by atoms with Gasteiger partial charge < -0.3 is 19.5 Å². The minimum absolute atomic E-state index is 0.251. The van der Waals surface area contributed by atoms with E-state index in [1.165, 1.54) is 19.2 Å². The number of anilines is 1. The van der Waals surface area contributed by atoms with E-state index >= 15 is 0 Å². The van der Waals surface area contributed by atoms with Crippen LogP contribution in [0.3, 0.4) is 0 Å². The summed E-state index contributed by atoms with van der Waals surface area (Å²) in [6.45, 7) is 1.70. The van der Waals surface area contributed by atoms with Crippen molar-refractivity contribution in [1.29, 1.82) is 0 Å². The zero-order valence-corrected chi connectivity index (χ0v) is 13.8. The molecule has 0 spiro atoms. The lowest BCUT2D eigenvalue weighted by atomic mass is 10.1. The zero-order chi connectivity index (χ0) is 17.5. The highest BCUT2D eigenvalue weighted by molar-refractivity contribution is 6.04. The predicted molar refractivity (Wildman–Crippen MR) is 89.9 cm³/mol. The first-order valence-corrected chi connectivity index (χ1v) is 7.41. The van der Waals surface area contributed by atoms with Crippen molar-refractivity contribution in [3.8, 4) is 17.2 Å². The number of carbonyl (C=O) groups excluding carboxylic acids is 2. The molecule has 0 aliphatic rings. The number of hydrogen-bond acceptors (Lipinski definition) is 5. The fraction of sp³-hybridized carbons (Fsp3) is 0.222. The van der Waals surface area contributed by atoms with Crippen LogP contribution in [-0.2, 0) is 4.79 Å². The molecule has 0 aliphatic heterocycles. The van der Waals surface area contributed by atoms with Crippen LogP contribution in [0, 0.1) is 0 Å². The van der Waals surface area contributed by atoms with Gasteiger partial charge >= 0.3 is 5.97 Å². The second kappa shape index (κ2) is 8.01. The third-order valence-corrected chi connectivity index (χ3v) is 3.27. The van der Waals surface area contributed by atoms with Gasteiger partial charge in [-0.15, -0.1) is 0 Å². The van der Waals surface area contributed by atoms with Crippen LogP contribution in [0.4, 0.5) is 5.69 Å². The van der Waals surface area contributed by atoms with Gasteiger partial charge in [-0.2, -0.15) is 0 Å². The molecule has 0 bridgehead atoms. The molecule has 24 heavy (non-hydrogen) atoms. The largest absolute Gasteiger partial charge is 0.497 e. The van der Waals surface area contributed by atoms with E-state index in [-0.39, 0.29) is 24.0 Å². The highest BCUT2D eigenvalue weighted by Crippen LogP contribution is 2.29. The molecule has 0 aliphatic carbocycles. The van der Waals surface area contributed by atoms with E-state index in [0.29, 0.717) is 22.7 Å². The SMILES string of the molecule is CCC(=O)Oc1ccc(C(=O)Nc2cccc(OC)c2)cc1OC. The second-order valence-corrected chi connectivity index (χ2v) is 4.88. The molecule has 126 valence electrons. The molecule has 2 rings (SSSR count). The van der Waals surface area contributed by atoms with Gasteiger partial charge in [-0.25, -0.2) is 0 Å². The Bertz CT molecular complexity index is 742. The molecule has 0 radical (unpaired) electrons. The average molecular weight is 329 g/mol. The van der Waals surface area contributed by atoms with Crippen LogP contribution in [0.2, 0.25) is 0 Å². The summed E-state index contributed by atoms with van der Waals surface area (Å²) in [7, 11) is 3.00. The molecule has 0 unspecified atom stereocenters. The van der Waals surface area contributed by atoms with Gasteiger partial charge in [0.05, 0.1) is 14.2 Å². The van der Waals surface area contributed by atoms with Gasteiger partial charge in [-0.1, -0.05) is 13.0 Å². The number of amides is 1. The maximum atomic E-state index is 12.4. The van der Waals surface area contributed by atoms with E-state index in [0.717, 1.165) is 0 Å². The molecule has 1 N–H and O–H groups in total. The number of ether oxygens (including phenoxy) is 3. The Hall–Kier alpha value is -3.02. The summed E-state index contributed by atoms with van der Waals surface area (Å²) in [5, 5.41) is 2.77. The Labute approximate surface area is 140 Å². The molecule has 0 heterocycles. The summed E-state index contributed by atoms with van der Waals surface area (Å²) >= 11 is 0. The summed E-state index contributed by atoms with van der Waals surface area (Å²) in [5.41, 5.74) is 0.991. The Balaban J connectivity index is 2.18. The topological polar surface area (TPSA) is 73.9 Å². The van der Waals surface area contributed by atoms with Crippen LogP contribution >= 0.6 is 0 Å². The highest BCUT2D eigenvalue weighted by atomic mass is 16.6. The van der Waals surface area contributed by atoms with Crippen molar-refractivity contribution in [2.45, 2.75) is 13.3 Å². The van der Waals surface area contributed by atoms with Crippen molar-refractivity contribution < 1.29 is 23.8 Å². The maximum absolute atomic E-state index is 12.4. The van der Waals surface area contributed by atoms with Crippen molar-refractivity contribution in [3.63, 3.8) is 0 Å². The van der Waals surface area contributed by atoms with Gasteiger partial charge in [0, 0.05) is 23.7 Å². The van der Waals surface area contributed by atoms with Crippen molar-refractivity contribution >= 4 is 17.6 Å². The third-order valence-electron chi connectivity index (χ3n) is 3.27. The van der Waals surface area contributed by atoms with Crippen LogP contribution in [0.5, 0.6) is 17.2 Å². The molecule has 0 saturated heterocycles. The van der Waals surface area contributed by atoms with Gasteiger partial charge in [-0.3, -0.25) is 9.59 Å². The van der Waals surface area contributed by atoms with Gasteiger partial charge in [0.2, 0.25) is 0 Å². The molecule has 2 aromatic carbocycles. The van der Waals surface area contributed by atoms with Crippen molar-refractivity contribution in [3.05, 3.63) is 48.0 Å². The molecule has 6 nitrogen and oxygen atoms in total. The van der Waals surface area contributed by atoms with E-state index in [1.807, 2.05) is 0 Å². The van der Waals surface area contributed by atoms with E-state index in [4.69, 9.17) is 14.2 Å². The standard InChI is InChI=1S/C18H19NO5/c1-4-17(20)24-15-9-8-12(10-16(15)23-3)18(21)19-13-6-5-7-14(11-13)22-2/h5-11H,4H2,1-3H3,(H,19,21). The summed E-state index contributed by atoms with van der Waals surface area (Å²) in [4.78, 5) is 23.8. The number of methoxy groups -OCH3 is 2. The summed E-state index contributed by atoms with van der Waals surface area (Å²) in [6, 6.07) is 11.7. The molecule has 2 aromatic rings. The van der Waals surface area contributed by atoms with Crippen LogP contribution in [0.25, 0.3) is 0 Å². The molecule has 0 atom stereocenters. The zero-order valence-electron chi connectivity index (χ0n) is 13.8. The number of carbonyl (C=O) groups is 2. The van der Waals surface area contributed by atoms with Crippen LogP contribution < -0.4 is 19.5 Å². The Morgan fingerprint density at radius 1 is 1.00 bits per heavy atom. The third kappa shape index (κ3) is 4.25. The first kappa shape index (κ1) is 17.3. The van der Waals surface area contributed by atoms with Crippen LogP contribution in [0.15, 0.2) is 42.5 Å². The number of hydrogen-bond donors (Lipinski definition) is 1. The Morgan fingerprint density at radius 3 is 2.46 bits per heavy atom. The van der Waals surface area contributed by atoms with Crippen molar-refractivity contribution in [2.75, 3.05) is 19.5 Å². The number of rotatable bonds is 6. The van der Waals surface area contributed by atoms with Crippen LogP contribution in [0.1, 0.15) is 23.7 Å². The average Bonchev–Trinajstić information content (AvgIpc) is 2.61. The number of benzene rings is 2. The monoisotopic (exact) mass is 329 g/mol. The lowest BCUT2D eigenvalue weighted by molar-refractivity contribution is -0.134. The maximum Gasteiger partial charge on any atom is 0.311 e. The van der Waals surface area contributed by atoms with Gasteiger partial charge in [-0.05, 0) is 30.3 Å². The molecule has 1 amide bonds. The molecule has 0 saturated carbocycles. The number of nitrogens with one attached hydrogen (secondary N) is 1. The molecule has 0 aromatic heterocycles. The minimum Gasteiger partial charge on any atom is -0.497 e. The lowest BCUT2D eigenvalue weighted by Crippen LogP contribution is -2.13. The predicted octanol–water partition coefficient (Wildman–Crippen LogP) is 3.27. The van der Waals surface area contributed by atoms with E-state index < -0.39 is 0 Å². The fourth-order valence-corrected chi connectivity index (χ4v) is 1.99. The van der Waals surface area contributed by atoms with Gasteiger partial charge in [0.25, 0.3) is 5.91 Å². The first-order valence-electron chi connectivity index (χ1n) is 7.41. The van der Waals surface area contributed by atoms with Crippen molar-refractivity contribution in [1.82, 2.24) is 0 Å². The van der Waals surface area contributed by atoms with Crippen molar-refractivity contribution in [2.24, 2.45) is 0 Å². The molecule has 0 fully saturated rings. The minimum atomic E-state index is -0.373. The quantitative estimate of drug-likeness (QED) is 0.650. The summed E-state index contributed by atoms with van der Waals surface area (Å²) in [5.74, 6) is 0.557. The highest BCUT2D eigenvalue weighted by Gasteiger charge is 2.13. The first-order chi connectivity index (χ1) is 11.6. The van der Waals surface area contributed by atoms with E-state index in [1.54, 1.807) is 44.4 Å². The Kier molecular flexibility index (Phi) is 5.78. The molecule has 6 heteroatoms. The van der Waals surface area contributed by atoms with Crippen LogP contribution in [-0.4, -0.2) is 26.1 Å². The van der Waals surface area contributed by atoms with E-state index in [2.05, 4.69) is 5.32 Å². The number of esters is 1. The van der Waals surface area contributed by atoms with Gasteiger partial charge in [0.15, 0.2) is 11.5 Å². The summed E-state index contributed by atoms with van der Waals surface area (Å²) < 4.78 is 15.5. The molecular formula is C18H19NO5. The van der Waals surface area contributed by atoms with E-state index in [9.17, 15) is 9.59 Å². The lowest BCUT2D eigenvalue weighted by Gasteiger charge is -2.11. The normalized spacial score (nSPS) is 9.96. The molecular weight excluding hydrogens is 310 g/mol. The smallest absolute Gasteiger partial charge is 0.311 e. The fourth-order valence-electron chi connectivity index (χ4n) is 1.99. The van der Waals surface area contributed by atoms with Gasteiger partial charge in [0.1, 0.15) is 5.75 Å².